The Morgan fingerprint density at radius 1 is 1.64 bits per heavy atom. The van der Waals surface area contributed by atoms with E-state index in [2.05, 4.69) is 22.3 Å². The monoisotopic (exact) mass is 195 g/mol. The Morgan fingerprint density at radius 3 is 2.93 bits per heavy atom. The Bertz CT molecular complexity index is 348. The third-order valence-corrected chi connectivity index (χ3v) is 2.50. The van der Waals surface area contributed by atoms with Gasteiger partial charge in [0.2, 0.25) is 0 Å². The number of aromatic amines is 1. The van der Waals surface area contributed by atoms with E-state index in [0.29, 0.717) is 24.1 Å². The SMILES string of the molecule is CCOC(=O)c1n[nH]nc1C1CC1C. The fourth-order valence-corrected chi connectivity index (χ4v) is 1.55. The molecule has 2 rings (SSSR count). The van der Waals surface area contributed by atoms with Crippen LogP contribution in [0, 0.1) is 5.92 Å². The molecule has 0 aliphatic heterocycles. The van der Waals surface area contributed by atoms with Gasteiger partial charge in [-0.15, -0.1) is 5.10 Å². The van der Waals surface area contributed by atoms with Crippen molar-refractivity contribution in [3.63, 3.8) is 0 Å². The molecule has 5 nitrogen and oxygen atoms in total. The van der Waals surface area contributed by atoms with Gasteiger partial charge in [-0.1, -0.05) is 6.92 Å². The maximum absolute atomic E-state index is 11.4. The van der Waals surface area contributed by atoms with Crippen molar-refractivity contribution >= 4 is 5.97 Å². The van der Waals surface area contributed by atoms with E-state index in [1.165, 1.54) is 0 Å². The van der Waals surface area contributed by atoms with Crippen LogP contribution in [0.5, 0.6) is 0 Å². The third kappa shape index (κ3) is 1.49. The number of carbonyl (C=O) groups excluding carboxylic acids is 1. The molecule has 0 amide bonds. The van der Waals surface area contributed by atoms with Gasteiger partial charge in [-0.2, -0.15) is 10.3 Å². The summed E-state index contributed by atoms with van der Waals surface area (Å²) in [5.74, 6) is 0.608. The van der Waals surface area contributed by atoms with Crippen LogP contribution in [0.25, 0.3) is 0 Å². The number of H-pyrrole nitrogens is 1. The predicted molar refractivity (Wildman–Crippen MR) is 48.9 cm³/mol. The molecule has 1 N–H and O–H groups in total. The van der Waals surface area contributed by atoms with Crippen molar-refractivity contribution in [2.75, 3.05) is 6.61 Å². The lowest BCUT2D eigenvalue weighted by atomic mass is 10.2. The maximum Gasteiger partial charge on any atom is 0.360 e. The van der Waals surface area contributed by atoms with Crippen molar-refractivity contribution in [1.29, 1.82) is 0 Å². The van der Waals surface area contributed by atoms with Crippen molar-refractivity contribution in [1.82, 2.24) is 15.4 Å². The maximum atomic E-state index is 11.4. The summed E-state index contributed by atoms with van der Waals surface area (Å²) in [6.45, 7) is 4.27. The number of carbonyl (C=O) groups is 1. The zero-order valence-corrected chi connectivity index (χ0v) is 8.28. The van der Waals surface area contributed by atoms with Crippen LogP contribution in [0.1, 0.15) is 42.4 Å². The molecule has 5 heteroatoms. The summed E-state index contributed by atoms with van der Waals surface area (Å²) < 4.78 is 4.88. The molecule has 76 valence electrons. The van der Waals surface area contributed by atoms with Crippen LogP contribution < -0.4 is 0 Å². The van der Waals surface area contributed by atoms with Gasteiger partial charge in [0.1, 0.15) is 5.69 Å². The second kappa shape index (κ2) is 3.40. The molecule has 0 radical (unpaired) electrons. The smallest absolute Gasteiger partial charge is 0.360 e. The zero-order valence-electron chi connectivity index (χ0n) is 8.28. The summed E-state index contributed by atoms with van der Waals surface area (Å²) in [6.07, 6.45) is 1.08. The van der Waals surface area contributed by atoms with Crippen LogP contribution in [0.3, 0.4) is 0 Å². The molecule has 1 aromatic heterocycles. The molecular weight excluding hydrogens is 182 g/mol. The van der Waals surface area contributed by atoms with E-state index < -0.39 is 0 Å². The highest BCUT2D eigenvalue weighted by Gasteiger charge is 2.39. The summed E-state index contributed by atoms with van der Waals surface area (Å²) in [4.78, 5) is 11.4. The second-order valence-corrected chi connectivity index (χ2v) is 3.60. The normalized spacial score (nSPS) is 24.7. The molecule has 1 fully saturated rings. The molecule has 1 saturated carbocycles. The summed E-state index contributed by atoms with van der Waals surface area (Å²) in [7, 11) is 0. The molecule has 14 heavy (non-hydrogen) atoms. The molecule has 2 unspecified atom stereocenters. The van der Waals surface area contributed by atoms with E-state index in [1.54, 1.807) is 6.92 Å². The lowest BCUT2D eigenvalue weighted by Gasteiger charge is -1.98. The second-order valence-electron chi connectivity index (χ2n) is 3.60. The van der Waals surface area contributed by atoms with E-state index in [0.717, 1.165) is 12.1 Å². The molecule has 0 aromatic carbocycles. The Hall–Kier alpha value is -1.39. The van der Waals surface area contributed by atoms with Gasteiger partial charge in [0.25, 0.3) is 0 Å². The number of nitrogens with zero attached hydrogens (tertiary/aromatic N) is 2. The van der Waals surface area contributed by atoms with Gasteiger partial charge >= 0.3 is 5.97 Å². The van der Waals surface area contributed by atoms with Crippen molar-refractivity contribution in [2.45, 2.75) is 26.2 Å². The predicted octanol–water partition coefficient (Wildman–Crippen LogP) is 1.10. The van der Waals surface area contributed by atoms with Gasteiger partial charge in [-0.05, 0) is 19.3 Å². The van der Waals surface area contributed by atoms with E-state index in [-0.39, 0.29) is 5.97 Å². The number of rotatable bonds is 3. The molecule has 2 atom stereocenters. The molecule has 0 spiro atoms. The summed E-state index contributed by atoms with van der Waals surface area (Å²) in [6, 6.07) is 0. The number of esters is 1. The van der Waals surface area contributed by atoms with Crippen LogP contribution in [-0.4, -0.2) is 28.0 Å². The van der Waals surface area contributed by atoms with Gasteiger partial charge < -0.3 is 4.74 Å². The molecule has 0 saturated heterocycles. The van der Waals surface area contributed by atoms with Gasteiger partial charge in [-0.3, -0.25) is 0 Å². The number of hydrogen-bond acceptors (Lipinski definition) is 4. The highest BCUT2D eigenvalue weighted by Crippen LogP contribution is 2.46. The summed E-state index contributed by atoms with van der Waals surface area (Å²) in [5, 5.41) is 10.3. The van der Waals surface area contributed by atoms with Crippen LogP contribution in [0.2, 0.25) is 0 Å². The van der Waals surface area contributed by atoms with E-state index in [9.17, 15) is 4.79 Å². The summed E-state index contributed by atoms with van der Waals surface area (Å²) >= 11 is 0. The van der Waals surface area contributed by atoms with Crippen LogP contribution >= 0.6 is 0 Å². The lowest BCUT2D eigenvalue weighted by molar-refractivity contribution is 0.0518. The first-order valence-corrected chi connectivity index (χ1v) is 4.81. The van der Waals surface area contributed by atoms with Gasteiger partial charge in [0, 0.05) is 5.92 Å². The first-order chi connectivity index (χ1) is 6.74. The van der Waals surface area contributed by atoms with Crippen molar-refractivity contribution < 1.29 is 9.53 Å². The zero-order chi connectivity index (χ0) is 10.1. The average molecular weight is 195 g/mol. The van der Waals surface area contributed by atoms with Gasteiger partial charge in [0.15, 0.2) is 5.69 Å². The third-order valence-electron chi connectivity index (χ3n) is 2.50. The minimum absolute atomic E-state index is 0.348. The topological polar surface area (TPSA) is 67.9 Å². The molecular formula is C9H13N3O2. The molecule has 1 aliphatic rings. The first-order valence-electron chi connectivity index (χ1n) is 4.81. The highest BCUT2D eigenvalue weighted by molar-refractivity contribution is 5.88. The average Bonchev–Trinajstić information content (AvgIpc) is 2.70. The van der Waals surface area contributed by atoms with Crippen molar-refractivity contribution in [3.8, 4) is 0 Å². The van der Waals surface area contributed by atoms with E-state index in [1.807, 2.05) is 0 Å². The minimum Gasteiger partial charge on any atom is -0.461 e. The van der Waals surface area contributed by atoms with Crippen molar-refractivity contribution in [2.24, 2.45) is 5.92 Å². The van der Waals surface area contributed by atoms with E-state index in [4.69, 9.17) is 4.74 Å². The fourth-order valence-electron chi connectivity index (χ4n) is 1.55. The van der Waals surface area contributed by atoms with Crippen LogP contribution in [0.15, 0.2) is 0 Å². The lowest BCUT2D eigenvalue weighted by Crippen LogP contribution is -2.08. The molecule has 1 heterocycles. The number of hydrogen-bond donors (Lipinski definition) is 1. The number of aromatic nitrogens is 3. The summed E-state index contributed by atoms with van der Waals surface area (Å²) in [5.41, 5.74) is 1.11. The van der Waals surface area contributed by atoms with Crippen molar-refractivity contribution in [3.05, 3.63) is 11.4 Å². The Kier molecular flexibility index (Phi) is 2.23. The van der Waals surface area contributed by atoms with Gasteiger partial charge in [0.05, 0.1) is 6.61 Å². The van der Waals surface area contributed by atoms with Gasteiger partial charge in [-0.25, -0.2) is 4.79 Å². The minimum atomic E-state index is -0.379. The first kappa shape index (κ1) is 9.18. The standard InChI is InChI=1S/C9H13N3O2/c1-3-14-9(13)8-7(10-12-11-8)6-4-5(6)2/h5-6H,3-4H2,1-2H3,(H,10,11,12). The fraction of sp³-hybridized carbons (Fsp3) is 0.667. The number of nitrogens with one attached hydrogen (secondary N) is 1. The van der Waals surface area contributed by atoms with Crippen LogP contribution in [0.4, 0.5) is 0 Å². The largest absolute Gasteiger partial charge is 0.461 e. The van der Waals surface area contributed by atoms with Crippen LogP contribution in [-0.2, 0) is 4.74 Å². The number of ether oxygens (including phenoxy) is 1. The Morgan fingerprint density at radius 2 is 2.36 bits per heavy atom. The Balaban J connectivity index is 2.17. The Labute approximate surface area is 81.8 Å². The molecule has 1 aromatic rings. The quantitative estimate of drug-likeness (QED) is 0.733. The molecule has 0 bridgehead atoms. The van der Waals surface area contributed by atoms with E-state index >= 15 is 0 Å². The highest BCUT2D eigenvalue weighted by atomic mass is 16.5. The molecule has 1 aliphatic carbocycles.